The van der Waals surface area contributed by atoms with Crippen molar-refractivity contribution in [3.63, 3.8) is 0 Å². The van der Waals surface area contributed by atoms with Crippen LogP contribution in [0.2, 0.25) is 10.0 Å². The summed E-state index contributed by atoms with van der Waals surface area (Å²) in [5, 5.41) is 5.29. The predicted octanol–water partition coefficient (Wildman–Crippen LogP) is 6.41. The second-order valence-corrected chi connectivity index (χ2v) is 11.1. The fraction of sp³-hybridized carbons (Fsp3) is 0.250. The van der Waals surface area contributed by atoms with Crippen LogP contribution in [0.4, 0.5) is 0 Å². The predicted molar refractivity (Wildman–Crippen MR) is 141 cm³/mol. The van der Waals surface area contributed by atoms with Crippen molar-refractivity contribution in [2.45, 2.75) is 18.4 Å². The third-order valence-corrected chi connectivity index (χ3v) is 8.82. The molecular formula is C24H23Cl2N3O2S2. The van der Waals surface area contributed by atoms with Gasteiger partial charge in [-0.2, -0.15) is 5.10 Å². The van der Waals surface area contributed by atoms with Crippen molar-refractivity contribution in [3.8, 4) is 11.4 Å². The molecule has 4 rings (SSSR count). The molecule has 9 heteroatoms. The van der Waals surface area contributed by atoms with Gasteiger partial charge in [-0.25, -0.2) is 5.43 Å². The average Bonchev–Trinajstić information content (AvgIpc) is 3.43. The Bertz CT molecular complexity index is 1170. The average molecular weight is 521 g/mol. The molecule has 1 aliphatic rings. The molecule has 1 fully saturated rings. The van der Waals surface area contributed by atoms with Crippen molar-refractivity contribution in [3.05, 3.63) is 81.1 Å². The first-order valence-electron chi connectivity index (χ1n) is 10.3. The fourth-order valence-corrected chi connectivity index (χ4v) is 6.80. The number of ether oxygens (including phenoxy) is 1. The molecule has 1 aliphatic heterocycles. The summed E-state index contributed by atoms with van der Waals surface area (Å²) in [4.78, 5) is 12.1. The lowest BCUT2D eigenvalue weighted by Crippen LogP contribution is -2.24. The number of aryl methyl sites for hydroxylation is 1. The van der Waals surface area contributed by atoms with E-state index in [4.69, 9.17) is 27.9 Å². The minimum absolute atomic E-state index is 0.110. The number of carbonyl (C=O) groups excluding carboxylic acids is 1. The van der Waals surface area contributed by atoms with Gasteiger partial charge in [-0.1, -0.05) is 35.3 Å². The fourth-order valence-electron chi connectivity index (χ4n) is 3.57. The topological polar surface area (TPSA) is 55.6 Å². The van der Waals surface area contributed by atoms with Crippen LogP contribution in [0.15, 0.2) is 53.6 Å². The summed E-state index contributed by atoms with van der Waals surface area (Å²) in [5.74, 6) is 2.70. The van der Waals surface area contributed by atoms with Crippen LogP contribution in [0.1, 0.15) is 27.1 Å². The van der Waals surface area contributed by atoms with Gasteiger partial charge in [0, 0.05) is 33.5 Å². The van der Waals surface area contributed by atoms with Gasteiger partial charge < -0.3 is 9.30 Å². The van der Waals surface area contributed by atoms with E-state index in [2.05, 4.69) is 22.7 Å². The third-order valence-electron chi connectivity index (χ3n) is 5.16. The van der Waals surface area contributed by atoms with Crippen molar-refractivity contribution in [1.29, 1.82) is 0 Å². The van der Waals surface area contributed by atoms with Gasteiger partial charge in [-0.15, -0.1) is 23.5 Å². The molecule has 1 aromatic heterocycles. The van der Waals surface area contributed by atoms with E-state index in [0.29, 0.717) is 20.4 Å². The molecule has 1 amide bonds. The summed E-state index contributed by atoms with van der Waals surface area (Å²) in [6.07, 6.45) is 1.61. The van der Waals surface area contributed by atoms with Crippen LogP contribution in [0.5, 0.6) is 5.75 Å². The van der Waals surface area contributed by atoms with Crippen LogP contribution in [0, 0.1) is 13.8 Å². The number of nitrogens with one attached hydrogen (secondary N) is 1. The molecule has 2 aromatic carbocycles. The summed E-state index contributed by atoms with van der Waals surface area (Å²) in [6.45, 7) is 3.83. The monoisotopic (exact) mass is 519 g/mol. The number of hydrazone groups is 1. The minimum atomic E-state index is -0.330. The molecule has 0 bridgehead atoms. The molecule has 5 nitrogen and oxygen atoms in total. The number of hydrogen-bond acceptors (Lipinski definition) is 5. The number of rotatable bonds is 7. The van der Waals surface area contributed by atoms with E-state index >= 15 is 0 Å². The van der Waals surface area contributed by atoms with E-state index < -0.39 is 0 Å². The molecule has 0 spiro atoms. The van der Waals surface area contributed by atoms with Gasteiger partial charge in [0.25, 0.3) is 5.91 Å². The van der Waals surface area contributed by atoms with E-state index in [1.807, 2.05) is 66.2 Å². The Morgan fingerprint density at radius 1 is 1.15 bits per heavy atom. The molecule has 172 valence electrons. The Kier molecular flexibility index (Phi) is 7.96. The number of hydrogen-bond donors (Lipinski definition) is 1. The van der Waals surface area contributed by atoms with Crippen LogP contribution in [0.25, 0.3) is 5.69 Å². The largest absolute Gasteiger partial charge is 0.484 e. The first kappa shape index (κ1) is 24.1. The molecule has 0 radical (unpaired) electrons. The number of carbonyl (C=O) groups is 1. The Hall–Kier alpha value is -2.06. The van der Waals surface area contributed by atoms with Gasteiger partial charge in [-0.05, 0) is 55.8 Å². The second-order valence-electron chi connectivity index (χ2n) is 7.48. The summed E-state index contributed by atoms with van der Waals surface area (Å²) in [6, 6.07) is 15.2. The first-order chi connectivity index (χ1) is 15.9. The second kappa shape index (κ2) is 10.9. The number of benzene rings is 2. The van der Waals surface area contributed by atoms with Crippen LogP contribution < -0.4 is 10.2 Å². The van der Waals surface area contributed by atoms with E-state index in [1.54, 1.807) is 18.3 Å². The molecular weight excluding hydrogens is 497 g/mol. The zero-order chi connectivity index (χ0) is 23.4. The van der Waals surface area contributed by atoms with Crippen molar-refractivity contribution in [2.75, 3.05) is 18.1 Å². The highest BCUT2D eigenvalue weighted by molar-refractivity contribution is 8.19. The SMILES string of the molecule is Cc1cc(/C=N\NC(=O)COc2ccc(C3SCCS3)cc2)c(C)n1-c1cc(Cl)ccc1Cl. The maximum absolute atomic E-state index is 12.1. The highest BCUT2D eigenvalue weighted by atomic mass is 35.5. The molecule has 1 N–H and O–H groups in total. The Morgan fingerprint density at radius 2 is 1.88 bits per heavy atom. The van der Waals surface area contributed by atoms with E-state index in [-0.39, 0.29) is 12.5 Å². The lowest BCUT2D eigenvalue weighted by Gasteiger charge is -2.12. The van der Waals surface area contributed by atoms with Crippen LogP contribution in [-0.4, -0.2) is 34.8 Å². The van der Waals surface area contributed by atoms with Crippen molar-refractivity contribution in [2.24, 2.45) is 5.10 Å². The van der Waals surface area contributed by atoms with E-state index in [1.165, 1.54) is 17.1 Å². The number of thioether (sulfide) groups is 2. The summed E-state index contributed by atoms with van der Waals surface area (Å²) in [7, 11) is 0. The molecule has 2 heterocycles. The quantitative estimate of drug-likeness (QED) is 0.289. The van der Waals surface area contributed by atoms with Gasteiger partial charge in [-0.3, -0.25) is 4.79 Å². The van der Waals surface area contributed by atoms with Crippen LogP contribution in [-0.2, 0) is 4.79 Å². The molecule has 0 aliphatic carbocycles. The van der Waals surface area contributed by atoms with Gasteiger partial charge >= 0.3 is 0 Å². The van der Waals surface area contributed by atoms with Crippen LogP contribution >= 0.6 is 46.7 Å². The molecule has 3 aromatic rings. The highest BCUT2D eigenvalue weighted by Gasteiger charge is 2.18. The molecule has 33 heavy (non-hydrogen) atoms. The van der Waals surface area contributed by atoms with E-state index in [9.17, 15) is 4.79 Å². The maximum Gasteiger partial charge on any atom is 0.277 e. The summed E-state index contributed by atoms with van der Waals surface area (Å²) >= 11 is 16.4. The number of aromatic nitrogens is 1. The smallest absolute Gasteiger partial charge is 0.277 e. The minimum Gasteiger partial charge on any atom is -0.484 e. The zero-order valence-corrected chi connectivity index (χ0v) is 21.3. The lowest BCUT2D eigenvalue weighted by molar-refractivity contribution is -0.123. The number of halogens is 2. The maximum atomic E-state index is 12.1. The Balaban J connectivity index is 1.33. The van der Waals surface area contributed by atoms with Gasteiger partial charge in [0.15, 0.2) is 6.61 Å². The van der Waals surface area contributed by atoms with Crippen molar-refractivity contribution < 1.29 is 9.53 Å². The Morgan fingerprint density at radius 3 is 2.61 bits per heavy atom. The van der Waals surface area contributed by atoms with Gasteiger partial charge in [0.05, 0.1) is 21.5 Å². The normalized spacial score (nSPS) is 14.2. The van der Waals surface area contributed by atoms with Gasteiger partial charge in [0.2, 0.25) is 0 Å². The molecule has 0 atom stereocenters. The van der Waals surface area contributed by atoms with Crippen molar-refractivity contribution in [1.82, 2.24) is 9.99 Å². The Labute approximate surface area is 211 Å². The zero-order valence-electron chi connectivity index (χ0n) is 18.2. The van der Waals surface area contributed by atoms with E-state index in [0.717, 1.165) is 22.6 Å². The third kappa shape index (κ3) is 5.90. The molecule has 0 unspecified atom stereocenters. The number of amides is 1. The summed E-state index contributed by atoms with van der Waals surface area (Å²) in [5.41, 5.74) is 7.37. The molecule has 1 saturated heterocycles. The highest BCUT2D eigenvalue weighted by Crippen LogP contribution is 2.45. The first-order valence-corrected chi connectivity index (χ1v) is 13.2. The standard InChI is InChI=1S/C24H23Cl2N3O2S2/c1-15-11-18(16(2)29(15)22-12-19(25)5-8-21(22)26)13-27-28-23(30)14-31-20-6-3-17(4-7-20)24-32-9-10-33-24/h3-8,11-13,24H,9-10,14H2,1-2H3,(H,28,30)/b27-13-. The number of nitrogens with zero attached hydrogens (tertiary/aromatic N) is 2. The van der Waals surface area contributed by atoms with Gasteiger partial charge in [0.1, 0.15) is 5.75 Å². The van der Waals surface area contributed by atoms with Crippen molar-refractivity contribution >= 4 is 58.8 Å². The van der Waals surface area contributed by atoms with Crippen LogP contribution in [0.3, 0.4) is 0 Å². The summed E-state index contributed by atoms with van der Waals surface area (Å²) < 4.78 is 8.09. The lowest BCUT2D eigenvalue weighted by atomic mass is 10.2. The molecule has 0 saturated carbocycles.